The van der Waals surface area contributed by atoms with Crippen molar-refractivity contribution in [2.45, 2.75) is 64.3 Å². The molecule has 0 aliphatic heterocycles. The van der Waals surface area contributed by atoms with Crippen molar-refractivity contribution in [3.8, 4) is 0 Å². The van der Waals surface area contributed by atoms with E-state index in [1.54, 1.807) is 0 Å². The number of carbonyl (C=O) groups excluding carboxylic acids is 1. The van der Waals surface area contributed by atoms with Gasteiger partial charge in [-0.2, -0.15) is 0 Å². The van der Waals surface area contributed by atoms with Crippen LogP contribution in [0.3, 0.4) is 0 Å². The molecule has 2 fully saturated rings. The van der Waals surface area contributed by atoms with E-state index in [-0.39, 0.29) is 5.54 Å². The standard InChI is InChI=1S/C14H25NO/c1-10-6-11(2)8-12(7-10)13(16)9-14(15)4-3-5-14/h10-12H,3-9,15H2,1-2H3. The lowest BCUT2D eigenvalue weighted by Gasteiger charge is -2.39. The van der Waals surface area contributed by atoms with Crippen LogP contribution in [0.25, 0.3) is 0 Å². The molecule has 2 rings (SSSR count). The van der Waals surface area contributed by atoms with E-state index in [1.165, 1.54) is 12.8 Å². The van der Waals surface area contributed by atoms with Crippen molar-refractivity contribution < 1.29 is 4.79 Å². The first-order valence-corrected chi connectivity index (χ1v) is 6.80. The normalized spacial score (nSPS) is 37.8. The minimum absolute atomic E-state index is 0.124. The topological polar surface area (TPSA) is 43.1 Å². The third-order valence-corrected chi connectivity index (χ3v) is 4.51. The minimum Gasteiger partial charge on any atom is -0.325 e. The molecule has 2 aliphatic carbocycles. The van der Waals surface area contributed by atoms with Crippen LogP contribution in [0.1, 0.15) is 58.8 Å². The van der Waals surface area contributed by atoms with E-state index in [4.69, 9.17) is 5.73 Å². The molecular weight excluding hydrogens is 198 g/mol. The molecule has 2 saturated carbocycles. The van der Waals surface area contributed by atoms with Crippen molar-refractivity contribution in [1.82, 2.24) is 0 Å². The second-order valence-corrected chi connectivity index (χ2v) is 6.47. The average Bonchev–Trinajstić information content (AvgIpc) is 2.13. The van der Waals surface area contributed by atoms with Gasteiger partial charge in [0.1, 0.15) is 5.78 Å². The maximum absolute atomic E-state index is 12.2. The number of hydrogen-bond donors (Lipinski definition) is 1. The Morgan fingerprint density at radius 1 is 1.19 bits per heavy atom. The summed E-state index contributed by atoms with van der Waals surface area (Å²) in [5.41, 5.74) is 6.03. The number of carbonyl (C=O) groups is 1. The summed E-state index contributed by atoms with van der Waals surface area (Å²) < 4.78 is 0. The Bertz CT molecular complexity index is 260. The summed E-state index contributed by atoms with van der Waals surface area (Å²) in [4.78, 5) is 12.2. The molecule has 2 atom stereocenters. The predicted octanol–water partition coefficient (Wildman–Crippen LogP) is 2.90. The van der Waals surface area contributed by atoms with Gasteiger partial charge in [0.2, 0.25) is 0 Å². The number of ketones is 1. The highest BCUT2D eigenvalue weighted by Gasteiger charge is 2.38. The highest BCUT2D eigenvalue weighted by atomic mass is 16.1. The van der Waals surface area contributed by atoms with Gasteiger partial charge in [-0.05, 0) is 50.4 Å². The summed E-state index contributed by atoms with van der Waals surface area (Å²) in [6, 6.07) is 0. The van der Waals surface area contributed by atoms with Crippen molar-refractivity contribution in [2.75, 3.05) is 0 Å². The first kappa shape index (κ1) is 12.1. The molecule has 2 nitrogen and oxygen atoms in total. The Labute approximate surface area is 99.0 Å². The van der Waals surface area contributed by atoms with E-state index in [0.29, 0.717) is 30.0 Å². The SMILES string of the molecule is CC1CC(C)CC(C(=O)CC2(N)CCC2)C1. The molecule has 0 aromatic carbocycles. The van der Waals surface area contributed by atoms with Gasteiger partial charge < -0.3 is 5.73 Å². The van der Waals surface area contributed by atoms with Gasteiger partial charge in [-0.25, -0.2) is 0 Å². The summed E-state index contributed by atoms with van der Waals surface area (Å²) in [6.45, 7) is 4.55. The second kappa shape index (κ2) is 4.48. The fourth-order valence-electron chi connectivity index (χ4n) is 3.51. The van der Waals surface area contributed by atoms with Crippen LogP contribution in [0.5, 0.6) is 0 Å². The molecule has 2 heteroatoms. The Morgan fingerprint density at radius 2 is 1.75 bits per heavy atom. The van der Waals surface area contributed by atoms with Crippen LogP contribution in [0, 0.1) is 17.8 Å². The molecule has 0 bridgehead atoms. The van der Waals surface area contributed by atoms with Crippen molar-refractivity contribution in [2.24, 2.45) is 23.5 Å². The summed E-state index contributed by atoms with van der Waals surface area (Å²) in [6.07, 6.45) is 7.43. The summed E-state index contributed by atoms with van der Waals surface area (Å²) >= 11 is 0. The molecule has 0 aromatic rings. The molecule has 92 valence electrons. The third-order valence-electron chi connectivity index (χ3n) is 4.51. The summed E-state index contributed by atoms with van der Waals surface area (Å²) in [5, 5.41) is 0. The van der Waals surface area contributed by atoms with E-state index in [1.807, 2.05) is 0 Å². The fraction of sp³-hybridized carbons (Fsp3) is 0.929. The van der Waals surface area contributed by atoms with Crippen LogP contribution in [-0.4, -0.2) is 11.3 Å². The van der Waals surface area contributed by atoms with Gasteiger partial charge in [0, 0.05) is 17.9 Å². The first-order chi connectivity index (χ1) is 7.48. The average molecular weight is 223 g/mol. The highest BCUT2D eigenvalue weighted by Crippen LogP contribution is 2.38. The lowest BCUT2D eigenvalue weighted by atomic mass is 9.69. The molecule has 0 saturated heterocycles. The molecule has 2 aliphatic rings. The molecule has 0 amide bonds. The van der Waals surface area contributed by atoms with E-state index in [2.05, 4.69) is 13.8 Å². The van der Waals surface area contributed by atoms with E-state index >= 15 is 0 Å². The molecule has 0 radical (unpaired) electrons. The van der Waals surface area contributed by atoms with Crippen LogP contribution in [0.4, 0.5) is 0 Å². The van der Waals surface area contributed by atoms with Crippen molar-refractivity contribution >= 4 is 5.78 Å². The predicted molar refractivity (Wildman–Crippen MR) is 66.1 cm³/mol. The van der Waals surface area contributed by atoms with Gasteiger partial charge in [-0.15, -0.1) is 0 Å². The van der Waals surface area contributed by atoms with Crippen molar-refractivity contribution in [1.29, 1.82) is 0 Å². The quantitative estimate of drug-likeness (QED) is 0.799. The number of nitrogens with two attached hydrogens (primary N) is 1. The molecule has 2 N–H and O–H groups in total. The Hall–Kier alpha value is -0.370. The van der Waals surface area contributed by atoms with Crippen LogP contribution < -0.4 is 5.73 Å². The first-order valence-electron chi connectivity index (χ1n) is 6.80. The highest BCUT2D eigenvalue weighted by molar-refractivity contribution is 5.82. The van der Waals surface area contributed by atoms with Crippen molar-refractivity contribution in [3.63, 3.8) is 0 Å². The van der Waals surface area contributed by atoms with Crippen LogP contribution in [0.2, 0.25) is 0 Å². The smallest absolute Gasteiger partial charge is 0.137 e. The molecule has 0 heterocycles. The van der Waals surface area contributed by atoms with Gasteiger partial charge >= 0.3 is 0 Å². The fourth-order valence-corrected chi connectivity index (χ4v) is 3.51. The Balaban J connectivity index is 1.88. The van der Waals surface area contributed by atoms with Crippen LogP contribution in [-0.2, 0) is 4.79 Å². The van der Waals surface area contributed by atoms with E-state index in [9.17, 15) is 4.79 Å². The number of hydrogen-bond acceptors (Lipinski definition) is 2. The van der Waals surface area contributed by atoms with Crippen LogP contribution in [0.15, 0.2) is 0 Å². The van der Waals surface area contributed by atoms with Gasteiger partial charge in [-0.1, -0.05) is 13.8 Å². The lowest BCUT2D eigenvalue weighted by molar-refractivity contribution is -0.126. The van der Waals surface area contributed by atoms with Gasteiger partial charge in [0.25, 0.3) is 0 Å². The number of rotatable bonds is 3. The second-order valence-electron chi connectivity index (χ2n) is 6.47. The third kappa shape index (κ3) is 2.65. The monoisotopic (exact) mass is 223 g/mol. The molecule has 2 unspecified atom stereocenters. The molecular formula is C14H25NO. The van der Waals surface area contributed by atoms with Gasteiger partial charge in [0.15, 0.2) is 0 Å². The Morgan fingerprint density at radius 3 is 2.19 bits per heavy atom. The van der Waals surface area contributed by atoms with Gasteiger partial charge in [0.05, 0.1) is 0 Å². The van der Waals surface area contributed by atoms with Crippen LogP contribution >= 0.6 is 0 Å². The van der Waals surface area contributed by atoms with Gasteiger partial charge in [-0.3, -0.25) is 4.79 Å². The largest absolute Gasteiger partial charge is 0.325 e. The maximum atomic E-state index is 12.2. The Kier molecular flexibility index (Phi) is 3.39. The zero-order valence-corrected chi connectivity index (χ0v) is 10.7. The van der Waals surface area contributed by atoms with E-state index < -0.39 is 0 Å². The zero-order valence-electron chi connectivity index (χ0n) is 10.7. The number of Topliss-reactive ketones (excluding diaryl/α,β-unsaturated/α-hetero) is 1. The summed E-state index contributed by atoms with van der Waals surface area (Å²) in [7, 11) is 0. The molecule has 16 heavy (non-hydrogen) atoms. The maximum Gasteiger partial charge on any atom is 0.137 e. The zero-order chi connectivity index (χ0) is 11.8. The minimum atomic E-state index is -0.124. The van der Waals surface area contributed by atoms with Crippen molar-refractivity contribution in [3.05, 3.63) is 0 Å². The molecule has 0 spiro atoms. The molecule has 0 aromatic heterocycles. The van der Waals surface area contributed by atoms with E-state index in [0.717, 1.165) is 25.7 Å². The lowest BCUT2D eigenvalue weighted by Crippen LogP contribution is -2.49. The summed E-state index contributed by atoms with van der Waals surface area (Å²) in [5.74, 6) is 2.18.